The Balaban J connectivity index is 3.08. The maximum atomic E-state index is 5.72. The second-order valence-electron chi connectivity index (χ2n) is 4.36. The molecule has 0 saturated carbocycles. The molecule has 16 heavy (non-hydrogen) atoms. The summed E-state index contributed by atoms with van der Waals surface area (Å²) in [7, 11) is 4.19. The Kier molecular flexibility index (Phi) is 4.53. The van der Waals surface area contributed by atoms with Gasteiger partial charge in [-0.3, -0.25) is 11.3 Å². The molecule has 1 aromatic heterocycles. The van der Waals surface area contributed by atoms with Crippen LogP contribution in [0.25, 0.3) is 0 Å². The van der Waals surface area contributed by atoms with Crippen molar-refractivity contribution in [2.75, 3.05) is 14.1 Å². The van der Waals surface area contributed by atoms with Crippen molar-refractivity contribution >= 4 is 0 Å². The summed E-state index contributed by atoms with van der Waals surface area (Å²) < 4.78 is 5.15. The van der Waals surface area contributed by atoms with E-state index in [0.29, 0.717) is 0 Å². The average Bonchev–Trinajstić information content (AvgIpc) is 2.78. The maximum Gasteiger partial charge on any atom is 0.0951 e. The quantitative estimate of drug-likeness (QED) is 0.573. The summed E-state index contributed by atoms with van der Waals surface area (Å²) in [6, 6.07) is 2.05. The zero-order chi connectivity index (χ0) is 12.2. The maximum absolute atomic E-state index is 5.72. The van der Waals surface area contributed by atoms with Crippen molar-refractivity contribution in [2.45, 2.75) is 38.3 Å². The van der Waals surface area contributed by atoms with Crippen LogP contribution in [0.1, 0.15) is 38.3 Å². The summed E-state index contributed by atoms with van der Waals surface area (Å²) in [5, 5.41) is 0. The molecule has 0 radical (unpaired) electrons. The smallest absolute Gasteiger partial charge is 0.0951 e. The monoisotopic (exact) mass is 225 g/mol. The molecule has 1 aromatic rings. The van der Waals surface area contributed by atoms with Gasteiger partial charge < -0.3 is 9.32 Å². The van der Waals surface area contributed by atoms with Crippen LogP contribution in [0.15, 0.2) is 23.0 Å². The van der Waals surface area contributed by atoms with Crippen molar-refractivity contribution in [3.63, 3.8) is 0 Å². The molecule has 1 unspecified atom stereocenters. The van der Waals surface area contributed by atoms with Crippen LogP contribution in [0.4, 0.5) is 0 Å². The lowest BCUT2D eigenvalue weighted by atomic mass is 9.81. The van der Waals surface area contributed by atoms with Crippen LogP contribution in [0.2, 0.25) is 0 Å². The molecule has 4 nitrogen and oxygen atoms in total. The Morgan fingerprint density at radius 3 is 2.38 bits per heavy atom. The third-order valence-corrected chi connectivity index (χ3v) is 3.70. The second-order valence-corrected chi connectivity index (χ2v) is 4.36. The number of nitrogens with zero attached hydrogens (tertiary/aromatic N) is 1. The number of rotatable bonds is 6. The summed E-state index contributed by atoms with van der Waals surface area (Å²) in [6.07, 6.45) is 5.49. The fraction of sp³-hybridized carbons (Fsp3) is 0.667. The predicted octanol–water partition coefficient (Wildman–Crippen LogP) is 1.90. The summed E-state index contributed by atoms with van der Waals surface area (Å²) in [4.78, 5) is 2.24. The molecule has 1 heterocycles. The van der Waals surface area contributed by atoms with Crippen LogP contribution >= 0.6 is 0 Å². The Labute approximate surface area is 97.8 Å². The van der Waals surface area contributed by atoms with Gasteiger partial charge >= 0.3 is 0 Å². The Bertz CT molecular complexity index is 291. The van der Waals surface area contributed by atoms with Crippen molar-refractivity contribution in [2.24, 2.45) is 5.84 Å². The fourth-order valence-electron chi connectivity index (χ4n) is 2.55. The van der Waals surface area contributed by atoms with E-state index in [2.05, 4.69) is 38.3 Å². The highest BCUT2D eigenvalue weighted by Gasteiger charge is 2.38. The minimum Gasteiger partial charge on any atom is -0.472 e. The fourth-order valence-corrected chi connectivity index (χ4v) is 2.55. The molecule has 0 aromatic carbocycles. The molecule has 0 aliphatic rings. The second kappa shape index (κ2) is 5.48. The number of furan rings is 1. The molecule has 1 rings (SSSR count). The summed E-state index contributed by atoms with van der Waals surface area (Å²) >= 11 is 0. The third kappa shape index (κ3) is 2.14. The van der Waals surface area contributed by atoms with Gasteiger partial charge in [-0.1, -0.05) is 13.8 Å². The highest BCUT2D eigenvalue weighted by molar-refractivity contribution is 5.18. The molecule has 0 aliphatic carbocycles. The molecule has 0 spiro atoms. The van der Waals surface area contributed by atoms with Crippen molar-refractivity contribution in [1.82, 2.24) is 10.3 Å². The van der Waals surface area contributed by atoms with Gasteiger partial charge in [-0.05, 0) is 33.0 Å². The number of nitrogens with one attached hydrogen (secondary N) is 1. The van der Waals surface area contributed by atoms with Crippen molar-refractivity contribution in [3.8, 4) is 0 Å². The first-order valence-electron chi connectivity index (χ1n) is 5.78. The topological polar surface area (TPSA) is 54.4 Å². The molecular weight excluding hydrogens is 202 g/mol. The zero-order valence-corrected chi connectivity index (χ0v) is 10.7. The molecule has 4 heteroatoms. The minimum atomic E-state index is 0.0125. The minimum absolute atomic E-state index is 0.0125. The molecule has 0 fully saturated rings. The van der Waals surface area contributed by atoms with Gasteiger partial charge in [-0.25, -0.2) is 0 Å². The molecule has 1 atom stereocenters. The van der Waals surface area contributed by atoms with E-state index in [-0.39, 0.29) is 11.6 Å². The highest BCUT2D eigenvalue weighted by atomic mass is 16.3. The molecule has 0 aliphatic heterocycles. The van der Waals surface area contributed by atoms with Crippen LogP contribution in [-0.4, -0.2) is 24.5 Å². The van der Waals surface area contributed by atoms with E-state index in [9.17, 15) is 0 Å². The molecular formula is C12H23N3O. The van der Waals surface area contributed by atoms with Gasteiger partial charge in [0.25, 0.3) is 0 Å². The number of likely N-dealkylation sites (N-methyl/N-ethyl adjacent to an activating group) is 1. The molecule has 92 valence electrons. The van der Waals surface area contributed by atoms with E-state index in [4.69, 9.17) is 10.3 Å². The molecule has 3 N–H and O–H groups in total. The van der Waals surface area contributed by atoms with Gasteiger partial charge in [0.05, 0.1) is 18.6 Å². The van der Waals surface area contributed by atoms with Crippen LogP contribution in [-0.2, 0) is 0 Å². The van der Waals surface area contributed by atoms with E-state index in [1.165, 1.54) is 0 Å². The van der Waals surface area contributed by atoms with Crippen LogP contribution in [0, 0.1) is 0 Å². The third-order valence-electron chi connectivity index (χ3n) is 3.70. The summed E-state index contributed by atoms with van der Waals surface area (Å²) in [5.74, 6) is 5.72. The number of hydrogen-bond acceptors (Lipinski definition) is 4. The standard InChI is InChI=1S/C12H23N3O/c1-5-12(6-2,15(3)4)11(14-13)10-7-8-16-9-10/h7-9,11,14H,5-6,13H2,1-4H3. The lowest BCUT2D eigenvalue weighted by Gasteiger charge is -2.44. The summed E-state index contributed by atoms with van der Waals surface area (Å²) in [6.45, 7) is 4.38. The van der Waals surface area contributed by atoms with E-state index >= 15 is 0 Å². The largest absolute Gasteiger partial charge is 0.472 e. The van der Waals surface area contributed by atoms with Gasteiger partial charge in [-0.2, -0.15) is 0 Å². The first kappa shape index (κ1) is 13.2. The van der Waals surface area contributed by atoms with E-state index < -0.39 is 0 Å². The molecule has 0 bridgehead atoms. The lowest BCUT2D eigenvalue weighted by molar-refractivity contribution is 0.0879. The van der Waals surface area contributed by atoms with Gasteiger partial charge in [0.1, 0.15) is 0 Å². The SMILES string of the molecule is CCC(CC)(C(NN)c1ccoc1)N(C)C. The van der Waals surface area contributed by atoms with E-state index in [1.807, 2.05) is 6.07 Å². The van der Waals surface area contributed by atoms with Crippen LogP contribution in [0.3, 0.4) is 0 Å². The Morgan fingerprint density at radius 1 is 1.44 bits per heavy atom. The average molecular weight is 225 g/mol. The molecule has 0 saturated heterocycles. The number of hydrogen-bond donors (Lipinski definition) is 2. The van der Waals surface area contributed by atoms with Crippen LogP contribution in [0.5, 0.6) is 0 Å². The Morgan fingerprint density at radius 2 is 2.06 bits per heavy atom. The van der Waals surface area contributed by atoms with Gasteiger partial charge in [0, 0.05) is 11.1 Å². The van der Waals surface area contributed by atoms with Crippen LogP contribution < -0.4 is 11.3 Å². The predicted molar refractivity (Wildman–Crippen MR) is 65.8 cm³/mol. The van der Waals surface area contributed by atoms with Gasteiger partial charge in [0.15, 0.2) is 0 Å². The summed E-state index contributed by atoms with van der Waals surface area (Å²) in [5.41, 5.74) is 4.04. The first-order valence-corrected chi connectivity index (χ1v) is 5.78. The highest BCUT2D eigenvalue weighted by Crippen LogP contribution is 2.35. The number of hydrazine groups is 1. The van der Waals surface area contributed by atoms with Crippen molar-refractivity contribution < 1.29 is 4.42 Å². The van der Waals surface area contributed by atoms with Crippen molar-refractivity contribution in [3.05, 3.63) is 24.2 Å². The normalized spacial score (nSPS) is 14.4. The van der Waals surface area contributed by atoms with E-state index in [1.54, 1.807) is 12.5 Å². The first-order chi connectivity index (χ1) is 7.62. The van der Waals surface area contributed by atoms with Gasteiger partial charge in [0.2, 0.25) is 0 Å². The van der Waals surface area contributed by atoms with E-state index in [0.717, 1.165) is 18.4 Å². The zero-order valence-electron chi connectivity index (χ0n) is 10.7. The van der Waals surface area contributed by atoms with Crippen molar-refractivity contribution in [1.29, 1.82) is 0 Å². The van der Waals surface area contributed by atoms with Gasteiger partial charge in [-0.15, -0.1) is 0 Å². The number of nitrogens with two attached hydrogens (primary N) is 1. The lowest BCUT2D eigenvalue weighted by Crippen LogP contribution is -2.54. The molecule has 0 amide bonds. The Hall–Kier alpha value is -0.840.